The standard InChI is InChI=1S/C18H10BrClN4O2/c19-9-3-4-13-11(6-9)18(12-7-15(20)23-8-14(12)25-13)10-2-1-5-22-16(10)26-17(21)24-18/h1-8H,(H2,21,24). The molecule has 2 aliphatic heterocycles. The van der Waals surface area contributed by atoms with Crippen molar-refractivity contribution in [2.75, 3.05) is 0 Å². The number of rotatable bonds is 0. The average Bonchev–Trinajstić information content (AvgIpc) is 2.63. The van der Waals surface area contributed by atoms with Gasteiger partial charge in [-0.1, -0.05) is 27.5 Å². The second-order valence-electron chi connectivity index (χ2n) is 5.86. The fourth-order valence-electron chi connectivity index (χ4n) is 3.42. The highest BCUT2D eigenvalue weighted by Gasteiger charge is 2.49. The molecular weight excluding hydrogens is 420 g/mol. The van der Waals surface area contributed by atoms with Crippen LogP contribution in [0.5, 0.6) is 17.4 Å². The third kappa shape index (κ3) is 2.07. The molecule has 0 amide bonds. The Bertz CT molecular complexity index is 1050. The molecule has 128 valence electrons. The molecule has 6 nitrogen and oxygen atoms in total. The zero-order chi connectivity index (χ0) is 17.9. The van der Waals surface area contributed by atoms with Gasteiger partial charge in [-0.25, -0.2) is 15.0 Å². The molecule has 0 saturated heterocycles. The summed E-state index contributed by atoms with van der Waals surface area (Å²) in [7, 11) is 0. The van der Waals surface area contributed by atoms with Crippen molar-refractivity contribution in [3.8, 4) is 17.4 Å². The highest BCUT2D eigenvalue weighted by Crippen LogP contribution is 2.55. The quantitative estimate of drug-likeness (QED) is 0.546. The van der Waals surface area contributed by atoms with E-state index in [0.717, 1.165) is 21.2 Å². The van der Waals surface area contributed by atoms with Crippen LogP contribution in [0.4, 0.5) is 0 Å². The minimum Gasteiger partial charge on any atom is -0.455 e. The number of aliphatic imine (C=N–C) groups is 1. The normalized spacial score (nSPS) is 19.5. The number of aromatic nitrogens is 2. The van der Waals surface area contributed by atoms with Crippen LogP contribution in [0.25, 0.3) is 0 Å². The van der Waals surface area contributed by atoms with E-state index in [2.05, 4.69) is 25.9 Å². The van der Waals surface area contributed by atoms with E-state index >= 15 is 0 Å². The summed E-state index contributed by atoms with van der Waals surface area (Å²) in [5.74, 6) is 1.60. The van der Waals surface area contributed by atoms with Crippen molar-refractivity contribution < 1.29 is 9.47 Å². The smallest absolute Gasteiger partial charge is 0.290 e. The highest BCUT2D eigenvalue weighted by atomic mass is 79.9. The lowest BCUT2D eigenvalue weighted by Gasteiger charge is -2.39. The summed E-state index contributed by atoms with van der Waals surface area (Å²) in [6.45, 7) is 0. The van der Waals surface area contributed by atoms with E-state index in [4.69, 9.17) is 31.8 Å². The first-order chi connectivity index (χ1) is 12.6. The van der Waals surface area contributed by atoms with E-state index in [0.29, 0.717) is 22.5 Å². The van der Waals surface area contributed by atoms with Gasteiger partial charge in [0.2, 0.25) is 5.88 Å². The van der Waals surface area contributed by atoms with Crippen LogP contribution in [0.1, 0.15) is 16.7 Å². The Morgan fingerprint density at radius 3 is 2.73 bits per heavy atom. The van der Waals surface area contributed by atoms with Gasteiger partial charge in [-0.3, -0.25) is 0 Å². The number of amidine groups is 1. The molecule has 0 bridgehead atoms. The van der Waals surface area contributed by atoms with Crippen LogP contribution < -0.4 is 15.2 Å². The Hall–Kier alpha value is -2.64. The van der Waals surface area contributed by atoms with Gasteiger partial charge in [-0.15, -0.1) is 0 Å². The number of nitrogens with two attached hydrogens (primary N) is 1. The maximum absolute atomic E-state index is 6.20. The second-order valence-corrected chi connectivity index (χ2v) is 7.17. The van der Waals surface area contributed by atoms with Gasteiger partial charge in [-0.2, -0.15) is 0 Å². The van der Waals surface area contributed by atoms with Gasteiger partial charge in [0.05, 0.1) is 11.8 Å². The van der Waals surface area contributed by atoms with Crippen molar-refractivity contribution in [2.24, 2.45) is 10.7 Å². The first-order valence-electron chi connectivity index (χ1n) is 7.70. The minimum absolute atomic E-state index is 0.0166. The predicted octanol–water partition coefficient (Wildman–Crippen LogP) is 4.00. The van der Waals surface area contributed by atoms with Gasteiger partial charge in [0.15, 0.2) is 11.3 Å². The van der Waals surface area contributed by atoms with Crippen molar-refractivity contribution in [2.45, 2.75) is 5.54 Å². The third-order valence-electron chi connectivity index (χ3n) is 4.42. The Morgan fingerprint density at radius 2 is 1.85 bits per heavy atom. The summed E-state index contributed by atoms with van der Waals surface area (Å²) in [5.41, 5.74) is 7.32. The second kappa shape index (κ2) is 5.43. The van der Waals surface area contributed by atoms with E-state index in [1.54, 1.807) is 18.5 Å². The van der Waals surface area contributed by atoms with Crippen LogP contribution >= 0.6 is 27.5 Å². The van der Waals surface area contributed by atoms with Gasteiger partial charge >= 0.3 is 0 Å². The van der Waals surface area contributed by atoms with E-state index in [1.807, 2.05) is 30.3 Å². The monoisotopic (exact) mass is 428 g/mol. The SMILES string of the molecule is NC1=NC2(c3cc(Br)ccc3Oc3cnc(Cl)cc32)c2cccnc2O1. The topological polar surface area (TPSA) is 82.6 Å². The molecule has 26 heavy (non-hydrogen) atoms. The maximum Gasteiger partial charge on any atom is 0.290 e. The summed E-state index contributed by atoms with van der Waals surface area (Å²) in [6.07, 6.45) is 3.23. The zero-order valence-electron chi connectivity index (χ0n) is 13.1. The Kier molecular flexibility index (Phi) is 3.26. The molecule has 5 rings (SSSR count). The van der Waals surface area contributed by atoms with Gasteiger partial charge in [0, 0.05) is 21.8 Å². The van der Waals surface area contributed by atoms with Crippen LogP contribution in [0.3, 0.4) is 0 Å². The van der Waals surface area contributed by atoms with Gasteiger partial charge in [-0.05, 0) is 36.4 Å². The van der Waals surface area contributed by atoms with E-state index in [9.17, 15) is 0 Å². The number of hydrogen-bond donors (Lipinski definition) is 1. The van der Waals surface area contributed by atoms with Crippen LogP contribution in [0, 0.1) is 0 Å². The van der Waals surface area contributed by atoms with Gasteiger partial charge in [0.25, 0.3) is 6.02 Å². The Balaban J connectivity index is 1.96. The van der Waals surface area contributed by atoms with Crippen LogP contribution in [0.2, 0.25) is 5.15 Å². The lowest BCUT2D eigenvalue weighted by Crippen LogP contribution is -2.39. The first-order valence-corrected chi connectivity index (χ1v) is 8.87. The number of pyridine rings is 2. The van der Waals surface area contributed by atoms with Crippen LogP contribution in [0.15, 0.2) is 58.3 Å². The first kappa shape index (κ1) is 15.6. The Morgan fingerprint density at radius 1 is 1.00 bits per heavy atom. The zero-order valence-corrected chi connectivity index (χ0v) is 15.5. The summed E-state index contributed by atoms with van der Waals surface area (Å²) in [6, 6.07) is 11.2. The van der Waals surface area contributed by atoms with Crippen molar-refractivity contribution in [3.63, 3.8) is 0 Å². The number of benzene rings is 1. The molecule has 4 heterocycles. The molecular formula is C18H10BrClN4O2. The number of ether oxygens (including phenoxy) is 2. The molecule has 1 unspecified atom stereocenters. The minimum atomic E-state index is -0.995. The number of nitrogens with zero attached hydrogens (tertiary/aromatic N) is 3. The van der Waals surface area contributed by atoms with Crippen LogP contribution in [-0.4, -0.2) is 16.0 Å². The molecule has 1 atom stereocenters. The summed E-state index contributed by atoms with van der Waals surface area (Å²) < 4.78 is 12.5. The average molecular weight is 430 g/mol. The molecule has 2 aromatic heterocycles. The molecule has 2 aliphatic rings. The maximum atomic E-state index is 6.20. The summed E-state index contributed by atoms with van der Waals surface area (Å²) in [4.78, 5) is 13.2. The molecule has 0 fully saturated rings. The highest BCUT2D eigenvalue weighted by molar-refractivity contribution is 9.10. The van der Waals surface area contributed by atoms with Crippen molar-refractivity contribution in [1.29, 1.82) is 0 Å². The van der Waals surface area contributed by atoms with Crippen molar-refractivity contribution >= 4 is 33.6 Å². The van der Waals surface area contributed by atoms with Crippen molar-refractivity contribution in [3.05, 3.63) is 75.1 Å². The Labute approximate surface area is 161 Å². The fraction of sp³-hybridized carbons (Fsp3) is 0.0556. The van der Waals surface area contributed by atoms with Gasteiger partial charge < -0.3 is 15.2 Å². The van der Waals surface area contributed by atoms with E-state index in [1.165, 1.54) is 0 Å². The molecule has 0 radical (unpaired) electrons. The molecule has 1 aromatic carbocycles. The number of halogens is 2. The van der Waals surface area contributed by atoms with E-state index in [-0.39, 0.29) is 6.02 Å². The number of hydrogen-bond acceptors (Lipinski definition) is 6. The lowest BCUT2D eigenvalue weighted by molar-refractivity contribution is 0.392. The number of fused-ring (bicyclic) bond motifs is 6. The fourth-order valence-corrected chi connectivity index (χ4v) is 3.94. The molecule has 2 N–H and O–H groups in total. The van der Waals surface area contributed by atoms with Crippen LogP contribution in [-0.2, 0) is 5.54 Å². The molecule has 3 aromatic rings. The molecule has 0 saturated carbocycles. The molecule has 0 aliphatic carbocycles. The molecule has 1 spiro atoms. The summed E-state index contributed by atoms with van der Waals surface area (Å²) in [5, 5.41) is 0.330. The molecule has 8 heteroatoms. The third-order valence-corrected chi connectivity index (χ3v) is 5.12. The lowest BCUT2D eigenvalue weighted by atomic mass is 9.75. The van der Waals surface area contributed by atoms with E-state index < -0.39 is 5.54 Å². The predicted molar refractivity (Wildman–Crippen MR) is 99.8 cm³/mol. The van der Waals surface area contributed by atoms with Gasteiger partial charge in [0.1, 0.15) is 10.9 Å². The summed E-state index contributed by atoms with van der Waals surface area (Å²) >= 11 is 9.73. The largest absolute Gasteiger partial charge is 0.455 e. The van der Waals surface area contributed by atoms with Crippen molar-refractivity contribution in [1.82, 2.24) is 9.97 Å².